The van der Waals surface area contributed by atoms with Gasteiger partial charge in [0.25, 0.3) is 0 Å². The molecular formula is C13H15F3N2O3. The van der Waals surface area contributed by atoms with Gasteiger partial charge in [-0.15, -0.1) is 0 Å². The summed E-state index contributed by atoms with van der Waals surface area (Å²) in [6.07, 6.45) is -4.68. The number of carboxylic acids is 1. The second-order valence-corrected chi connectivity index (χ2v) is 4.40. The first kappa shape index (κ1) is 17.0. The Morgan fingerprint density at radius 1 is 1.24 bits per heavy atom. The van der Waals surface area contributed by atoms with Crippen molar-refractivity contribution in [3.63, 3.8) is 0 Å². The number of halogens is 3. The zero-order chi connectivity index (χ0) is 16.0. The third-order valence-corrected chi connectivity index (χ3v) is 2.74. The lowest BCUT2D eigenvalue weighted by atomic mass is 9.97. The molecule has 0 radical (unpaired) electrons. The number of nitrogens with zero attached hydrogens (tertiary/aromatic N) is 1. The second-order valence-electron chi connectivity index (χ2n) is 4.40. The SMILES string of the molecule is NCC(C(=O)N(CC(=O)O)CC(F)(F)F)c1ccccc1. The zero-order valence-electron chi connectivity index (χ0n) is 11.0. The van der Waals surface area contributed by atoms with Crippen LogP contribution >= 0.6 is 0 Å². The van der Waals surface area contributed by atoms with Gasteiger partial charge in [0.15, 0.2) is 0 Å². The number of carbonyl (C=O) groups excluding carboxylic acids is 1. The Kier molecular flexibility index (Phi) is 5.71. The lowest BCUT2D eigenvalue weighted by Gasteiger charge is -2.26. The van der Waals surface area contributed by atoms with Gasteiger partial charge in [-0.2, -0.15) is 13.2 Å². The van der Waals surface area contributed by atoms with Crippen LogP contribution in [0.15, 0.2) is 30.3 Å². The maximum absolute atomic E-state index is 12.5. The summed E-state index contributed by atoms with van der Waals surface area (Å²) < 4.78 is 37.4. The maximum Gasteiger partial charge on any atom is 0.406 e. The lowest BCUT2D eigenvalue weighted by Crippen LogP contribution is -2.45. The molecule has 1 aromatic carbocycles. The van der Waals surface area contributed by atoms with E-state index in [0.29, 0.717) is 5.56 Å². The van der Waals surface area contributed by atoms with E-state index in [1.54, 1.807) is 30.3 Å². The molecule has 8 heteroatoms. The van der Waals surface area contributed by atoms with Crippen molar-refractivity contribution < 1.29 is 27.9 Å². The highest BCUT2D eigenvalue weighted by molar-refractivity contribution is 5.87. The van der Waals surface area contributed by atoms with Crippen LogP contribution in [0.2, 0.25) is 0 Å². The summed E-state index contributed by atoms with van der Waals surface area (Å²) in [6.45, 7) is -2.86. The minimum Gasteiger partial charge on any atom is -0.480 e. The van der Waals surface area contributed by atoms with Crippen LogP contribution < -0.4 is 5.73 Å². The molecule has 1 rings (SSSR count). The molecule has 0 spiro atoms. The van der Waals surface area contributed by atoms with Gasteiger partial charge in [-0.1, -0.05) is 30.3 Å². The van der Waals surface area contributed by atoms with Crippen LogP contribution in [0.4, 0.5) is 13.2 Å². The van der Waals surface area contributed by atoms with E-state index in [1.165, 1.54) is 0 Å². The van der Waals surface area contributed by atoms with E-state index in [0.717, 1.165) is 0 Å². The molecule has 0 aromatic heterocycles. The number of benzene rings is 1. The number of rotatable bonds is 6. The topological polar surface area (TPSA) is 83.6 Å². The number of nitrogens with two attached hydrogens (primary N) is 1. The molecule has 0 aliphatic carbocycles. The molecule has 1 amide bonds. The van der Waals surface area contributed by atoms with Gasteiger partial charge in [-0.05, 0) is 5.56 Å². The van der Waals surface area contributed by atoms with Crippen LogP contribution in [0.1, 0.15) is 11.5 Å². The normalized spacial score (nSPS) is 12.8. The van der Waals surface area contributed by atoms with Crippen LogP contribution in [-0.4, -0.2) is 47.7 Å². The second kappa shape index (κ2) is 7.07. The van der Waals surface area contributed by atoms with E-state index >= 15 is 0 Å². The predicted molar refractivity (Wildman–Crippen MR) is 68.5 cm³/mol. The Labute approximate surface area is 119 Å². The average molecular weight is 304 g/mol. The van der Waals surface area contributed by atoms with Crippen LogP contribution in [0, 0.1) is 0 Å². The molecule has 116 valence electrons. The molecular weight excluding hydrogens is 289 g/mol. The van der Waals surface area contributed by atoms with Crippen LogP contribution in [-0.2, 0) is 9.59 Å². The summed E-state index contributed by atoms with van der Waals surface area (Å²) in [6, 6.07) is 8.04. The van der Waals surface area contributed by atoms with Gasteiger partial charge >= 0.3 is 12.1 Å². The minimum atomic E-state index is -4.68. The number of carboxylic acid groups (broad SMARTS) is 1. The van der Waals surface area contributed by atoms with Gasteiger partial charge in [0.2, 0.25) is 5.91 Å². The first-order valence-electron chi connectivity index (χ1n) is 6.07. The summed E-state index contributed by atoms with van der Waals surface area (Å²) >= 11 is 0. The van der Waals surface area contributed by atoms with Crippen molar-refractivity contribution in [1.82, 2.24) is 4.90 Å². The van der Waals surface area contributed by atoms with Crippen molar-refractivity contribution in [3.05, 3.63) is 35.9 Å². The number of hydrogen-bond donors (Lipinski definition) is 2. The first-order chi connectivity index (χ1) is 9.74. The number of amides is 1. The van der Waals surface area contributed by atoms with E-state index in [9.17, 15) is 22.8 Å². The summed E-state index contributed by atoms with van der Waals surface area (Å²) in [7, 11) is 0. The monoisotopic (exact) mass is 304 g/mol. The predicted octanol–water partition coefficient (Wildman–Crippen LogP) is 1.20. The van der Waals surface area contributed by atoms with E-state index in [2.05, 4.69) is 0 Å². The van der Waals surface area contributed by atoms with Gasteiger partial charge in [0, 0.05) is 6.54 Å². The molecule has 0 saturated heterocycles. The standard InChI is InChI=1S/C13H15F3N2O3/c14-13(15,16)8-18(7-11(19)20)12(21)10(6-17)9-4-2-1-3-5-9/h1-5,10H,6-8,17H2,(H,19,20). The summed E-state index contributed by atoms with van der Waals surface area (Å²) in [4.78, 5) is 23.1. The fourth-order valence-electron chi connectivity index (χ4n) is 1.88. The number of aliphatic carboxylic acids is 1. The molecule has 21 heavy (non-hydrogen) atoms. The van der Waals surface area contributed by atoms with Crippen molar-refractivity contribution in [2.24, 2.45) is 5.73 Å². The molecule has 1 atom stereocenters. The highest BCUT2D eigenvalue weighted by atomic mass is 19.4. The quantitative estimate of drug-likeness (QED) is 0.827. The molecule has 1 aromatic rings. The smallest absolute Gasteiger partial charge is 0.406 e. The van der Waals surface area contributed by atoms with Crippen LogP contribution in [0.3, 0.4) is 0 Å². The van der Waals surface area contributed by atoms with E-state index in [1.807, 2.05) is 0 Å². The Hall–Kier alpha value is -2.09. The Morgan fingerprint density at radius 3 is 2.24 bits per heavy atom. The van der Waals surface area contributed by atoms with Crippen molar-refractivity contribution in [3.8, 4) is 0 Å². The summed E-state index contributed by atoms with van der Waals surface area (Å²) in [5.41, 5.74) is 5.91. The molecule has 3 N–H and O–H groups in total. The summed E-state index contributed by atoms with van der Waals surface area (Å²) in [5.74, 6) is -3.48. The fourth-order valence-corrected chi connectivity index (χ4v) is 1.88. The zero-order valence-corrected chi connectivity index (χ0v) is 11.0. The van der Waals surface area contributed by atoms with Gasteiger partial charge in [0.05, 0.1) is 5.92 Å². The molecule has 0 bridgehead atoms. The Bertz CT molecular complexity index is 491. The molecule has 0 aliphatic rings. The van der Waals surface area contributed by atoms with Crippen molar-refractivity contribution >= 4 is 11.9 Å². The van der Waals surface area contributed by atoms with E-state index in [-0.39, 0.29) is 11.4 Å². The van der Waals surface area contributed by atoms with Gasteiger partial charge < -0.3 is 15.7 Å². The molecule has 0 heterocycles. The number of alkyl halides is 3. The molecule has 1 unspecified atom stereocenters. The third-order valence-electron chi connectivity index (χ3n) is 2.74. The molecule has 0 saturated carbocycles. The van der Waals surface area contributed by atoms with Gasteiger partial charge in [0.1, 0.15) is 13.1 Å². The summed E-state index contributed by atoms with van der Waals surface area (Å²) in [5, 5.41) is 8.66. The Balaban J connectivity index is 2.99. The maximum atomic E-state index is 12.5. The number of carbonyl (C=O) groups is 2. The van der Waals surface area contributed by atoms with Crippen LogP contribution in [0.5, 0.6) is 0 Å². The van der Waals surface area contributed by atoms with Crippen molar-refractivity contribution in [2.75, 3.05) is 19.6 Å². The molecule has 5 nitrogen and oxygen atoms in total. The number of hydrogen-bond acceptors (Lipinski definition) is 3. The third kappa shape index (κ3) is 5.42. The van der Waals surface area contributed by atoms with E-state index < -0.39 is 37.1 Å². The van der Waals surface area contributed by atoms with Gasteiger partial charge in [-0.3, -0.25) is 9.59 Å². The Morgan fingerprint density at radius 2 is 1.81 bits per heavy atom. The largest absolute Gasteiger partial charge is 0.480 e. The van der Waals surface area contributed by atoms with Crippen molar-refractivity contribution in [1.29, 1.82) is 0 Å². The molecule has 0 aliphatic heterocycles. The first-order valence-corrected chi connectivity index (χ1v) is 6.07. The lowest BCUT2D eigenvalue weighted by molar-refractivity contribution is -0.166. The highest BCUT2D eigenvalue weighted by Gasteiger charge is 2.36. The highest BCUT2D eigenvalue weighted by Crippen LogP contribution is 2.21. The fraction of sp³-hybridized carbons (Fsp3) is 0.385. The van der Waals surface area contributed by atoms with Gasteiger partial charge in [-0.25, -0.2) is 0 Å². The van der Waals surface area contributed by atoms with Crippen LogP contribution in [0.25, 0.3) is 0 Å². The van der Waals surface area contributed by atoms with Crippen molar-refractivity contribution in [2.45, 2.75) is 12.1 Å². The van der Waals surface area contributed by atoms with E-state index in [4.69, 9.17) is 10.8 Å². The molecule has 0 fully saturated rings. The minimum absolute atomic E-state index is 0.211. The average Bonchev–Trinajstić information content (AvgIpc) is 2.37.